The maximum Gasteiger partial charge on any atom is 0.0377 e. The molecule has 1 aromatic rings. The van der Waals surface area contributed by atoms with Crippen LogP contribution in [0.15, 0.2) is 18.2 Å². The molecule has 0 saturated carbocycles. The molecule has 1 unspecified atom stereocenters. The molecule has 2 rings (SSSR count). The van der Waals surface area contributed by atoms with Gasteiger partial charge in [-0.2, -0.15) is 0 Å². The van der Waals surface area contributed by atoms with Crippen LogP contribution >= 0.6 is 0 Å². The van der Waals surface area contributed by atoms with Crippen LogP contribution in [0.25, 0.3) is 0 Å². The first kappa shape index (κ1) is 15.4. The fourth-order valence-corrected chi connectivity index (χ4v) is 2.93. The first-order valence-electron chi connectivity index (χ1n) is 8.19. The van der Waals surface area contributed by atoms with Gasteiger partial charge in [-0.15, -0.1) is 0 Å². The second-order valence-electron chi connectivity index (χ2n) is 6.68. The molecule has 0 bridgehead atoms. The van der Waals surface area contributed by atoms with Crippen LogP contribution in [0.2, 0.25) is 0 Å². The summed E-state index contributed by atoms with van der Waals surface area (Å²) in [5.74, 6) is 1.17. The molecule has 0 aliphatic carbocycles. The van der Waals surface area contributed by atoms with Gasteiger partial charge in [0.15, 0.2) is 0 Å². The molecule has 1 aromatic carbocycles. The molecule has 1 heterocycles. The summed E-state index contributed by atoms with van der Waals surface area (Å²) >= 11 is 0. The fourth-order valence-electron chi connectivity index (χ4n) is 2.93. The van der Waals surface area contributed by atoms with Crippen molar-refractivity contribution in [2.24, 2.45) is 0 Å². The van der Waals surface area contributed by atoms with E-state index < -0.39 is 0 Å². The van der Waals surface area contributed by atoms with E-state index in [2.05, 4.69) is 56.5 Å². The van der Waals surface area contributed by atoms with Gasteiger partial charge in [-0.3, -0.25) is 0 Å². The van der Waals surface area contributed by atoms with Gasteiger partial charge >= 0.3 is 0 Å². The van der Waals surface area contributed by atoms with E-state index in [9.17, 15) is 0 Å². The van der Waals surface area contributed by atoms with Gasteiger partial charge in [0.1, 0.15) is 0 Å². The second-order valence-corrected chi connectivity index (χ2v) is 6.68. The highest BCUT2D eigenvalue weighted by Gasteiger charge is 2.15. The lowest BCUT2D eigenvalue weighted by molar-refractivity contribution is 0.635. The lowest BCUT2D eigenvalue weighted by Gasteiger charge is -2.22. The standard InChI is InChI=1S/C18H30N2/c1-13(2)15-7-8-18(17(12-15)14(3)4)20-16-6-5-10-19-11-9-16/h7-8,12-14,16,19-20H,5-6,9-11H2,1-4H3. The molecule has 20 heavy (non-hydrogen) atoms. The maximum atomic E-state index is 3.80. The quantitative estimate of drug-likeness (QED) is 0.845. The lowest BCUT2D eigenvalue weighted by atomic mass is 9.93. The van der Waals surface area contributed by atoms with Gasteiger partial charge in [0, 0.05) is 11.7 Å². The lowest BCUT2D eigenvalue weighted by Crippen LogP contribution is -2.22. The van der Waals surface area contributed by atoms with Gasteiger partial charge < -0.3 is 10.6 Å². The largest absolute Gasteiger partial charge is 0.382 e. The Morgan fingerprint density at radius 1 is 1.05 bits per heavy atom. The van der Waals surface area contributed by atoms with E-state index in [1.54, 1.807) is 0 Å². The first-order valence-corrected chi connectivity index (χ1v) is 8.19. The second kappa shape index (κ2) is 7.12. The predicted molar refractivity (Wildman–Crippen MR) is 88.8 cm³/mol. The van der Waals surface area contributed by atoms with Gasteiger partial charge in [-0.05, 0) is 61.4 Å². The van der Waals surface area contributed by atoms with Crippen LogP contribution in [0.5, 0.6) is 0 Å². The normalized spacial score (nSPS) is 20.2. The minimum atomic E-state index is 0.570. The Bertz CT molecular complexity index is 415. The zero-order valence-corrected chi connectivity index (χ0v) is 13.5. The number of nitrogens with one attached hydrogen (secondary N) is 2. The van der Waals surface area contributed by atoms with Crippen LogP contribution in [0, 0.1) is 0 Å². The molecule has 0 aromatic heterocycles. The first-order chi connectivity index (χ1) is 9.58. The third-order valence-electron chi connectivity index (χ3n) is 4.30. The van der Waals surface area contributed by atoms with Crippen LogP contribution in [0.1, 0.15) is 69.9 Å². The Kier molecular flexibility index (Phi) is 5.47. The highest BCUT2D eigenvalue weighted by atomic mass is 14.9. The third-order valence-corrected chi connectivity index (χ3v) is 4.30. The SMILES string of the molecule is CC(C)c1ccc(NC2CCCNCC2)c(C(C)C)c1. The average molecular weight is 274 g/mol. The Morgan fingerprint density at radius 2 is 1.85 bits per heavy atom. The Hall–Kier alpha value is -1.02. The van der Waals surface area contributed by atoms with Crippen LogP contribution in [0.4, 0.5) is 5.69 Å². The van der Waals surface area contributed by atoms with Crippen molar-refractivity contribution in [2.75, 3.05) is 18.4 Å². The van der Waals surface area contributed by atoms with Crippen LogP contribution in [0.3, 0.4) is 0 Å². The fraction of sp³-hybridized carbons (Fsp3) is 0.667. The summed E-state index contributed by atoms with van der Waals surface area (Å²) in [5, 5.41) is 7.28. The molecule has 1 saturated heterocycles. The highest BCUT2D eigenvalue weighted by Crippen LogP contribution is 2.29. The van der Waals surface area contributed by atoms with Crippen LogP contribution < -0.4 is 10.6 Å². The Balaban J connectivity index is 2.17. The van der Waals surface area contributed by atoms with E-state index in [0.29, 0.717) is 17.9 Å². The molecule has 112 valence electrons. The molecule has 0 amide bonds. The van der Waals surface area contributed by atoms with Crippen molar-refractivity contribution in [1.82, 2.24) is 5.32 Å². The average Bonchev–Trinajstić information content (AvgIpc) is 2.67. The van der Waals surface area contributed by atoms with E-state index in [1.165, 1.54) is 42.6 Å². The Labute approximate surface area is 124 Å². The number of anilines is 1. The molecule has 0 radical (unpaired) electrons. The molecule has 2 heteroatoms. The minimum absolute atomic E-state index is 0.570. The summed E-state index contributed by atoms with van der Waals surface area (Å²) in [6, 6.07) is 7.59. The van der Waals surface area contributed by atoms with Crippen molar-refractivity contribution in [3.63, 3.8) is 0 Å². The van der Waals surface area contributed by atoms with Crippen molar-refractivity contribution in [2.45, 2.75) is 64.8 Å². The number of hydrogen-bond acceptors (Lipinski definition) is 2. The maximum absolute atomic E-state index is 3.80. The van der Waals surface area contributed by atoms with E-state index in [4.69, 9.17) is 0 Å². The molecule has 2 nitrogen and oxygen atoms in total. The van der Waals surface area contributed by atoms with Crippen molar-refractivity contribution in [3.8, 4) is 0 Å². The van der Waals surface area contributed by atoms with Crippen molar-refractivity contribution >= 4 is 5.69 Å². The summed E-state index contributed by atoms with van der Waals surface area (Å²) in [5.41, 5.74) is 4.26. The molecule has 1 aliphatic rings. The minimum Gasteiger partial charge on any atom is -0.382 e. The van der Waals surface area contributed by atoms with E-state index in [-0.39, 0.29) is 0 Å². The molecule has 0 spiro atoms. The molecule has 1 atom stereocenters. The van der Waals surface area contributed by atoms with E-state index >= 15 is 0 Å². The molecular weight excluding hydrogens is 244 g/mol. The summed E-state index contributed by atoms with van der Waals surface area (Å²) in [6.07, 6.45) is 3.78. The summed E-state index contributed by atoms with van der Waals surface area (Å²) in [6.45, 7) is 11.4. The predicted octanol–water partition coefficient (Wildman–Crippen LogP) is 4.49. The van der Waals surface area contributed by atoms with Gasteiger partial charge in [-0.1, -0.05) is 39.8 Å². The van der Waals surface area contributed by atoms with Gasteiger partial charge in [0.2, 0.25) is 0 Å². The van der Waals surface area contributed by atoms with E-state index in [1.807, 2.05) is 0 Å². The van der Waals surface area contributed by atoms with Crippen molar-refractivity contribution in [1.29, 1.82) is 0 Å². The topological polar surface area (TPSA) is 24.1 Å². The van der Waals surface area contributed by atoms with Crippen molar-refractivity contribution in [3.05, 3.63) is 29.3 Å². The Morgan fingerprint density at radius 3 is 2.55 bits per heavy atom. The number of rotatable bonds is 4. The van der Waals surface area contributed by atoms with E-state index in [0.717, 1.165) is 6.54 Å². The smallest absolute Gasteiger partial charge is 0.0377 e. The molecule has 1 fully saturated rings. The third kappa shape index (κ3) is 3.99. The van der Waals surface area contributed by atoms with Gasteiger partial charge in [-0.25, -0.2) is 0 Å². The number of hydrogen-bond donors (Lipinski definition) is 2. The summed E-state index contributed by atoms with van der Waals surface area (Å²) in [4.78, 5) is 0. The van der Waals surface area contributed by atoms with Crippen molar-refractivity contribution < 1.29 is 0 Å². The highest BCUT2D eigenvalue weighted by molar-refractivity contribution is 5.55. The number of benzene rings is 1. The molecular formula is C18H30N2. The van der Waals surface area contributed by atoms with Gasteiger partial charge in [0.05, 0.1) is 0 Å². The van der Waals surface area contributed by atoms with Crippen LogP contribution in [-0.2, 0) is 0 Å². The molecule has 2 N–H and O–H groups in total. The zero-order valence-electron chi connectivity index (χ0n) is 13.5. The van der Waals surface area contributed by atoms with Crippen LogP contribution in [-0.4, -0.2) is 19.1 Å². The summed E-state index contributed by atoms with van der Waals surface area (Å²) < 4.78 is 0. The molecule has 1 aliphatic heterocycles. The summed E-state index contributed by atoms with van der Waals surface area (Å²) in [7, 11) is 0. The monoisotopic (exact) mass is 274 g/mol. The zero-order chi connectivity index (χ0) is 14.5. The van der Waals surface area contributed by atoms with Gasteiger partial charge in [0.25, 0.3) is 0 Å².